The number of para-hydroxylation sites is 1. The average molecular weight is 283 g/mol. The lowest BCUT2D eigenvalue weighted by atomic mass is 10.1. The maximum absolute atomic E-state index is 12.5. The minimum atomic E-state index is 0.0173. The van der Waals surface area contributed by atoms with Gasteiger partial charge in [-0.1, -0.05) is 42.5 Å². The van der Waals surface area contributed by atoms with Crippen LogP contribution >= 0.6 is 0 Å². The molecule has 0 bridgehead atoms. The fraction of sp³-hybridized carbons (Fsp3) is 0.278. The summed E-state index contributed by atoms with van der Waals surface area (Å²) in [5, 5.41) is 0. The van der Waals surface area contributed by atoms with Gasteiger partial charge in [0.1, 0.15) is 12.4 Å². The first-order chi connectivity index (χ1) is 10.3. The summed E-state index contributed by atoms with van der Waals surface area (Å²) in [6.45, 7) is 5.82. The molecule has 21 heavy (non-hydrogen) atoms. The Labute approximate surface area is 126 Å². The Morgan fingerprint density at radius 3 is 2.24 bits per heavy atom. The first-order valence-electron chi connectivity index (χ1n) is 7.31. The minimum absolute atomic E-state index is 0.0173. The molecule has 2 aromatic carbocycles. The van der Waals surface area contributed by atoms with Crippen molar-refractivity contribution in [3.05, 3.63) is 65.7 Å². The SMILES string of the molecule is CCN(CC)C(=O)c1ccccc1OCc1ccccc1. The Bertz CT molecular complexity index is 577. The van der Waals surface area contributed by atoms with Crippen LogP contribution in [0.5, 0.6) is 5.75 Å². The van der Waals surface area contributed by atoms with Gasteiger partial charge in [-0.2, -0.15) is 0 Å². The van der Waals surface area contributed by atoms with Gasteiger partial charge in [-0.15, -0.1) is 0 Å². The first kappa shape index (κ1) is 15.1. The number of amides is 1. The number of carbonyl (C=O) groups excluding carboxylic acids is 1. The van der Waals surface area contributed by atoms with Gasteiger partial charge in [-0.05, 0) is 31.5 Å². The van der Waals surface area contributed by atoms with Crippen LogP contribution in [0.25, 0.3) is 0 Å². The van der Waals surface area contributed by atoms with Crippen LogP contribution in [0.4, 0.5) is 0 Å². The second-order valence-electron chi connectivity index (χ2n) is 4.75. The molecule has 2 rings (SSSR count). The van der Waals surface area contributed by atoms with E-state index in [1.807, 2.05) is 68.4 Å². The van der Waals surface area contributed by atoms with Crippen LogP contribution in [-0.2, 0) is 6.61 Å². The van der Waals surface area contributed by atoms with E-state index in [0.717, 1.165) is 5.56 Å². The van der Waals surface area contributed by atoms with Crippen LogP contribution < -0.4 is 4.74 Å². The number of carbonyl (C=O) groups is 1. The fourth-order valence-corrected chi connectivity index (χ4v) is 2.19. The lowest BCUT2D eigenvalue weighted by molar-refractivity contribution is 0.0768. The summed E-state index contributed by atoms with van der Waals surface area (Å²) in [4.78, 5) is 14.3. The maximum atomic E-state index is 12.5. The summed E-state index contributed by atoms with van der Waals surface area (Å²) in [7, 11) is 0. The van der Waals surface area contributed by atoms with Crippen LogP contribution in [0.3, 0.4) is 0 Å². The molecule has 110 valence electrons. The smallest absolute Gasteiger partial charge is 0.257 e. The molecule has 3 heteroatoms. The van der Waals surface area contributed by atoms with Gasteiger partial charge < -0.3 is 9.64 Å². The van der Waals surface area contributed by atoms with Crippen LogP contribution in [0, 0.1) is 0 Å². The minimum Gasteiger partial charge on any atom is -0.488 e. The van der Waals surface area contributed by atoms with E-state index in [4.69, 9.17) is 4.74 Å². The molecule has 3 nitrogen and oxygen atoms in total. The molecule has 2 aromatic rings. The number of ether oxygens (including phenoxy) is 1. The monoisotopic (exact) mass is 283 g/mol. The molecule has 0 N–H and O–H groups in total. The van der Waals surface area contributed by atoms with Gasteiger partial charge in [0.05, 0.1) is 5.56 Å². The van der Waals surface area contributed by atoms with Crippen LogP contribution in [-0.4, -0.2) is 23.9 Å². The number of rotatable bonds is 6. The largest absolute Gasteiger partial charge is 0.488 e. The standard InChI is InChI=1S/C18H21NO2/c1-3-19(4-2)18(20)16-12-8-9-13-17(16)21-14-15-10-6-5-7-11-15/h5-13H,3-4,14H2,1-2H3. The van der Waals surface area contributed by atoms with Crippen molar-refractivity contribution in [2.45, 2.75) is 20.5 Å². The van der Waals surface area contributed by atoms with Gasteiger partial charge in [0.25, 0.3) is 5.91 Å². The summed E-state index contributed by atoms with van der Waals surface area (Å²) >= 11 is 0. The number of hydrogen-bond acceptors (Lipinski definition) is 2. The third-order valence-corrected chi connectivity index (χ3v) is 3.41. The summed E-state index contributed by atoms with van der Waals surface area (Å²) in [6, 6.07) is 17.4. The third kappa shape index (κ3) is 3.85. The molecule has 0 saturated carbocycles. The average Bonchev–Trinajstić information content (AvgIpc) is 2.55. The van der Waals surface area contributed by atoms with Crippen molar-refractivity contribution in [1.82, 2.24) is 4.90 Å². The molecule has 0 aliphatic heterocycles. The van der Waals surface area contributed by atoms with E-state index in [9.17, 15) is 4.79 Å². The topological polar surface area (TPSA) is 29.5 Å². The Hall–Kier alpha value is -2.29. The molecule has 0 atom stereocenters. The number of benzene rings is 2. The van der Waals surface area contributed by atoms with E-state index < -0.39 is 0 Å². The zero-order chi connectivity index (χ0) is 15.1. The van der Waals surface area contributed by atoms with Crippen molar-refractivity contribution in [3.63, 3.8) is 0 Å². The molecule has 0 fully saturated rings. The Morgan fingerprint density at radius 2 is 1.57 bits per heavy atom. The highest BCUT2D eigenvalue weighted by atomic mass is 16.5. The van der Waals surface area contributed by atoms with Gasteiger partial charge in [0.15, 0.2) is 0 Å². The van der Waals surface area contributed by atoms with E-state index in [-0.39, 0.29) is 5.91 Å². The van der Waals surface area contributed by atoms with E-state index >= 15 is 0 Å². The quantitative estimate of drug-likeness (QED) is 0.808. The molecule has 1 amide bonds. The van der Waals surface area contributed by atoms with Crippen LogP contribution in [0.2, 0.25) is 0 Å². The Balaban J connectivity index is 2.15. The lowest BCUT2D eigenvalue weighted by Crippen LogP contribution is -2.30. The summed E-state index contributed by atoms with van der Waals surface area (Å²) in [5.41, 5.74) is 1.71. The Morgan fingerprint density at radius 1 is 0.952 bits per heavy atom. The molecule has 0 aliphatic carbocycles. The predicted octanol–water partition coefficient (Wildman–Crippen LogP) is 3.75. The highest BCUT2D eigenvalue weighted by Gasteiger charge is 2.16. The van der Waals surface area contributed by atoms with Gasteiger partial charge in [0.2, 0.25) is 0 Å². The molecule has 0 aromatic heterocycles. The van der Waals surface area contributed by atoms with Crippen LogP contribution in [0.1, 0.15) is 29.8 Å². The number of nitrogens with zero attached hydrogens (tertiary/aromatic N) is 1. The molecule has 0 aliphatic rings. The highest BCUT2D eigenvalue weighted by Crippen LogP contribution is 2.21. The third-order valence-electron chi connectivity index (χ3n) is 3.41. The maximum Gasteiger partial charge on any atom is 0.257 e. The van der Waals surface area contributed by atoms with Crippen molar-refractivity contribution < 1.29 is 9.53 Å². The fourth-order valence-electron chi connectivity index (χ4n) is 2.19. The predicted molar refractivity (Wildman–Crippen MR) is 84.5 cm³/mol. The van der Waals surface area contributed by atoms with Gasteiger partial charge in [0, 0.05) is 13.1 Å². The van der Waals surface area contributed by atoms with E-state index in [2.05, 4.69) is 0 Å². The molecular formula is C18H21NO2. The zero-order valence-electron chi connectivity index (χ0n) is 12.6. The summed E-state index contributed by atoms with van der Waals surface area (Å²) < 4.78 is 5.84. The second kappa shape index (κ2) is 7.48. The van der Waals surface area contributed by atoms with Crippen molar-refractivity contribution >= 4 is 5.91 Å². The number of hydrogen-bond donors (Lipinski definition) is 0. The van der Waals surface area contributed by atoms with E-state index in [0.29, 0.717) is 31.0 Å². The van der Waals surface area contributed by atoms with Crippen LogP contribution in [0.15, 0.2) is 54.6 Å². The van der Waals surface area contributed by atoms with Crippen molar-refractivity contribution in [3.8, 4) is 5.75 Å². The molecular weight excluding hydrogens is 262 g/mol. The van der Waals surface area contributed by atoms with Crippen molar-refractivity contribution in [1.29, 1.82) is 0 Å². The Kier molecular flexibility index (Phi) is 5.38. The summed E-state index contributed by atoms with van der Waals surface area (Å²) in [6.07, 6.45) is 0. The molecule has 0 saturated heterocycles. The molecule has 0 heterocycles. The summed E-state index contributed by atoms with van der Waals surface area (Å²) in [5.74, 6) is 0.655. The zero-order valence-corrected chi connectivity index (χ0v) is 12.6. The van der Waals surface area contributed by atoms with E-state index in [1.54, 1.807) is 4.90 Å². The van der Waals surface area contributed by atoms with Gasteiger partial charge >= 0.3 is 0 Å². The highest BCUT2D eigenvalue weighted by molar-refractivity contribution is 5.96. The lowest BCUT2D eigenvalue weighted by Gasteiger charge is -2.20. The molecule has 0 unspecified atom stereocenters. The first-order valence-corrected chi connectivity index (χ1v) is 7.31. The van der Waals surface area contributed by atoms with E-state index in [1.165, 1.54) is 0 Å². The van der Waals surface area contributed by atoms with Crippen molar-refractivity contribution in [2.75, 3.05) is 13.1 Å². The second-order valence-corrected chi connectivity index (χ2v) is 4.75. The van der Waals surface area contributed by atoms with Gasteiger partial charge in [-0.25, -0.2) is 0 Å². The normalized spacial score (nSPS) is 10.2. The molecule has 0 radical (unpaired) electrons. The van der Waals surface area contributed by atoms with Crippen molar-refractivity contribution in [2.24, 2.45) is 0 Å². The van der Waals surface area contributed by atoms with Gasteiger partial charge in [-0.3, -0.25) is 4.79 Å². The molecule has 0 spiro atoms.